The topological polar surface area (TPSA) is 80.1 Å². The molecule has 0 amide bonds. The van der Waals surface area contributed by atoms with Gasteiger partial charge in [-0.2, -0.15) is 15.4 Å². The van der Waals surface area contributed by atoms with E-state index in [1.165, 1.54) is 0 Å². The van der Waals surface area contributed by atoms with Gasteiger partial charge in [-0.25, -0.2) is 0 Å². The van der Waals surface area contributed by atoms with Gasteiger partial charge < -0.3 is 9.26 Å². The predicted octanol–water partition coefficient (Wildman–Crippen LogP) is 0.716. The van der Waals surface area contributed by atoms with Crippen LogP contribution in [0.25, 0.3) is 0 Å². The molecule has 19 heavy (non-hydrogen) atoms. The minimum Gasteiger partial charge on any atom is -0.379 e. The van der Waals surface area contributed by atoms with E-state index in [-0.39, 0.29) is 12.0 Å². The summed E-state index contributed by atoms with van der Waals surface area (Å²) in [4.78, 5) is 2.33. The molecule has 7 nitrogen and oxygen atoms in total. The van der Waals surface area contributed by atoms with Crippen LogP contribution in [-0.2, 0) is 11.3 Å². The van der Waals surface area contributed by atoms with Crippen LogP contribution in [0, 0.1) is 6.92 Å². The molecule has 1 saturated heterocycles. The van der Waals surface area contributed by atoms with Crippen molar-refractivity contribution in [2.24, 2.45) is 0 Å². The van der Waals surface area contributed by atoms with Gasteiger partial charge in [-0.3, -0.25) is 4.90 Å². The SMILES string of the molecule is CO[C@@H]1CN(Cc2conc2C)C[C@H]1c1cn[nH]n1. The average Bonchev–Trinajstić information content (AvgIpc) is 3.11. The van der Waals surface area contributed by atoms with Crippen molar-refractivity contribution in [1.29, 1.82) is 0 Å². The molecule has 0 spiro atoms. The normalized spacial score (nSPS) is 24.1. The number of hydrogen-bond acceptors (Lipinski definition) is 6. The number of rotatable bonds is 4. The Morgan fingerprint density at radius 3 is 3.05 bits per heavy atom. The molecule has 0 unspecified atom stereocenters. The maximum atomic E-state index is 5.56. The van der Waals surface area contributed by atoms with Gasteiger partial charge >= 0.3 is 0 Å². The smallest absolute Gasteiger partial charge is 0.128 e. The lowest BCUT2D eigenvalue weighted by Crippen LogP contribution is -2.22. The number of methoxy groups -OCH3 is 1. The first-order chi connectivity index (χ1) is 9.28. The van der Waals surface area contributed by atoms with E-state index in [1.54, 1.807) is 19.6 Å². The first-order valence-corrected chi connectivity index (χ1v) is 6.28. The zero-order valence-electron chi connectivity index (χ0n) is 11.0. The van der Waals surface area contributed by atoms with Gasteiger partial charge in [-0.15, -0.1) is 0 Å². The summed E-state index contributed by atoms with van der Waals surface area (Å²) in [6.45, 7) is 4.55. The van der Waals surface area contributed by atoms with E-state index < -0.39 is 0 Å². The molecule has 0 bridgehead atoms. The fourth-order valence-electron chi connectivity index (χ4n) is 2.60. The monoisotopic (exact) mass is 263 g/mol. The summed E-state index contributed by atoms with van der Waals surface area (Å²) < 4.78 is 10.5. The zero-order valence-corrected chi connectivity index (χ0v) is 11.0. The summed E-state index contributed by atoms with van der Waals surface area (Å²) in [5, 5.41) is 14.6. The van der Waals surface area contributed by atoms with Gasteiger partial charge in [0.05, 0.1) is 23.7 Å². The van der Waals surface area contributed by atoms with Crippen LogP contribution in [0.1, 0.15) is 22.9 Å². The summed E-state index contributed by atoms with van der Waals surface area (Å²) in [5.41, 5.74) is 3.02. The molecule has 2 aromatic rings. The Hall–Kier alpha value is -1.73. The molecule has 2 aromatic heterocycles. The number of aromatic amines is 1. The Kier molecular flexibility index (Phi) is 3.31. The highest BCUT2D eigenvalue weighted by atomic mass is 16.5. The van der Waals surface area contributed by atoms with Gasteiger partial charge in [0.15, 0.2) is 0 Å². The molecule has 0 aromatic carbocycles. The van der Waals surface area contributed by atoms with Crippen LogP contribution in [-0.4, -0.2) is 51.8 Å². The molecular weight excluding hydrogens is 246 g/mol. The third-order valence-corrected chi connectivity index (χ3v) is 3.70. The predicted molar refractivity (Wildman–Crippen MR) is 66.4 cm³/mol. The third kappa shape index (κ3) is 2.39. The summed E-state index contributed by atoms with van der Waals surface area (Å²) >= 11 is 0. The van der Waals surface area contributed by atoms with Crippen molar-refractivity contribution in [1.82, 2.24) is 25.5 Å². The fourth-order valence-corrected chi connectivity index (χ4v) is 2.60. The zero-order chi connectivity index (χ0) is 13.2. The summed E-state index contributed by atoms with van der Waals surface area (Å²) in [6.07, 6.45) is 3.62. The first kappa shape index (κ1) is 12.3. The Bertz CT molecular complexity index is 524. The van der Waals surface area contributed by atoms with Gasteiger partial charge in [-0.1, -0.05) is 5.16 Å². The number of nitrogens with one attached hydrogen (secondary N) is 1. The van der Waals surface area contributed by atoms with Crippen molar-refractivity contribution in [3.63, 3.8) is 0 Å². The highest BCUT2D eigenvalue weighted by Gasteiger charge is 2.35. The number of aromatic nitrogens is 4. The number of likely N-dealkylation sites (tertiary alicyclic amines) is 1. The van der Waals surface area contributed by atoms with E-state index in [4.69, 9.17) is 9.26 Å². The Labute approximate surface area is 110 Å². The highest BCUT2D eigenvalue weighted by Crippen LogP contribution is 2.29. The van der Waals surface area contributed by atoms with E-state index in [2.05, 4.69) is 25.5 Å². The second-order valence-electron chi connectivity index (χ2n) is 4.89. The number of nitrogens with zero attached hydrogens (tertiary/aromatic N) is 4. The molecular formula is C12H17N5O2. The Morgan fingerprint density at radius 1 is 1.53 bits per heavy atom. The van der Waals surface area contributed by atoms with Crippen LogP contribution < -0.4 is 0 Å². The summed E-state index contributed by atoms with van der Waals surface area (Å²) in [6, 6.07) is 0. The lowest BCUT2D eigenvalue weighted by molar-refractivity contribution is 0.0957. The Morgan fingerprint density at radius 2 is 2.42 bits per heavy atom. The summed E-state index contributed by atoms with van der Waals surface area (Å²) in [7, 11) is 1.74. The quantitative estimate of drug-likeness (QED) is 0.875. The molecule has 0 radical (unpaired) electrons. The van der Waals surface area contributed by atoms with Gasteiger partial charge in [-0.05, 0) is 6.92 Å². The minimum atomic E-state index is 0.144. The van der Waals surface area contributed by atoms with Crippen LogP contribution in [0.2, 0.25) is 0 Å². The van der Waals surface area contributed by atoms with Crippen molar-refractivity contribution in [2.45, 2.75) is 25.5 Å². The van der Waals surface area contributed by atoms with Crippen molar-refractivity contribution in [3.05, 3.63) is 29.4 Å². The summed E-state index contributed by atoms with van der Waals surface area (Å²) in [5.74, 6) is 0.254. The number of hydrogen-bond donors (Lipinski definition) is 1. The Balaban J connectivity index is 1.71. The van der Waals surface area contributed by atoms with Gasteiger partial charge in [0.25, 0.3) is 0 Å². The van der Waals surface area contributed by atoms with Crippen LogP contribution >= 0.6 is 0 Å². The lowest BCUT2D eigenvalue weighted by Gasteiger charge is -2.13. The van der Waals surface area contributed by atoms with Crippen molar-refractivity contribution < 1.29 is 9.26 Å². The maximum absolute atomic E-state index is 5.56. The van der Waals surface area contributed by atoms with E-state index in [0.29, 0.717) is 0 Å². The van der Waals surface area contributed by atoms with E-state index in [1.807, 2.05) is 6.92 Å². The van der Waals surface area contributed by atoms with Crippen LogP contribution in [0.15, 0.2) is 17.0 Å². The minimum absolute atomic E-state index is 0.144. The van der Waals surface area contributed by atoms with Gasteiger partial charge in [0.2, 0.25) is 0 Å². The second-order valence-corrected chi connectivity index (χ2v) is 4.89. The van der Waals surface area contributed by atoms with Crippen molar-refractivity contribution in [3.8, 4) is 0 Å². The molecule has 1 aliphatic heterocycles. The number of aryl methyl sites for hydroxylation is 1. The average molecular weight is 263 g/mol. The number of H-pyrrole nitrogens is 1. The molecule has 102 valence electrons. The fraction of sp³-hybridized carbons (Fsp3) is 0.583. The molecule has 0 saturated carbocycles. The molecule has 3 heterocycles. The molecule has 3 rings (SSSR count). The molecule has 1 N–H and O–H groups in total. The van der Waals surface area contributed by atoms with Crippen molar-refractivity contribution in [2.75, 3.05) is 20.2 Å². The molecule has 1 fully saturated rings. The van der Waals surface area contributed by atoms with Gasteiger partial charge in [0.1, 0.15) is 6.26 Å². The van der Waals surface area contributed by atoms with Gasteiger partial charge in [0, 0.05) is 38.2 Å². The molecule has 1 aliphatic rings. The largest absolute Gasteiger partial charge is 0.379 e. The van der Waals surface area contributed by atoms with Crippen LogP contribution in [0.5, 0.6) is 0 Å². The second kappa shape index (κ2) is 5.10. The third-order valence-electron chi connectivity index (χ3n) is 3.70. The van der Waals surface area contributed by atoms with E-state index in [9.17, 15) is 0 Å². The van der Waals surface area contributed by atoms with E-state index in [0.717, 1.165) is 36.6 Å². The van der Waals surface area contributed by atoms with Crippen molar-refractivity contribution >= 4 is 0 Å². The lowest BCUT2D eigenvalue weighted by atomic mass is 10.0. The standard InChI is InChI=1S/C12H17N5O2/c1-8-9(7-19-15-8)4-17-5-10(12(6-17)18-2)11-3-13-16-14-11/h3,7,10,12H,4-6H2,1-2H3,(H,13,14,16)/t10-,12+/m0/s1. The van der Waals surface area contributed by atoms with Crippen LogP contribution in [0.3, 0.4) is 0 Å². The molecule has 2 atom stereocenters. The first-order valence-electron chi connectivity index (χ1n) is 6.28. The molecule has 0 aliphatic carbocycles. The highest BCUT2D eigenvalue weighted by molar-refractivity contribution is 5.15. The number of ether oxygens (including phenoxy) is 1. The van der Waals surface area contributed by atoms with E-state index >= 15 is 0 Å². The van der Waals surface area contributed by atoms with Crippen LogP contribution in [0.4, 0.5) is 0 Å². The maximum Gasteiger partial charge on any atom is 0.128 e. The molecule has 7 heteroatoms.